The topological polar surface area (TPSA) is 104 Å². The lowest BCUT2D eigenvalue weighted by Gasteiger charge is -2.17. The lowest BCUT2D eigenvalue weighted by molar-refractivity contribution is -0.132. The molecule has 0 saturated carbocycles. The molecule has 0 aromatic heterocycles. The van der Waals surface area contributed by atoms with Gasteiger partial charge in [0.2, 0.25) is 5.91 Å². The van der Waals surface area contributed by atoms with Crippen LogP contribution in [-0.2, 0) is 4.79 Å². The Labute approximate surface area is 101 Å². The molecule has 5 nitrogen and oxygen atoms in total. The zero-order chi connectivity index (χ0) is 12.5. The van der Waals surface area contributed by atoms with Crippen LogP contribution in [0.3, 0.4) is 0 Å². The second kappa shape index (κ2) is 4.88. The minimum atomic E-state index is -1.85. The maximum atomic E-state index is 10.7. The number of hydrogen-bond donors (Lipinski definition) is 4. The van der Waals surface area contributed by atoms with E-state index >= 15 is 0 Å². The predicted molar refractivity (Wildman–Crippen MR) is 58.3 cm³/mol. The Kier molecular flexibility index (Phi) is 3.98. The van der Waals surface area contributed by atoms with Gasteiger partial charge in [-0.1, -0.05) is 23.2 Å². The Bertz CT molecular complexity index is 424. The summed E-state index contributed by atoms with van der Waals surface area (Å²) in [5, 5.41) is 28.4. The molecule has 2 unspecified atom stereocenters. The van der Waals surface area contributed by atoms with Crippen LogP contribution in [0.5, 0.6) is 5.75 Å². The number of primary amides is 1. The van der Waals surface area contributed by atoms with Crippen LogP contribution in [0.1, 0.15) is 11.7 Å². The van der Waals surface area contributed by atoms with Gasteiger partial charge in [-0.15, -0.1) is 0 Å². The summed E-state index contributed by atoms with van der Waals surface area (Å²) in [6.07, 6.45) is -3.53. The molecule has 1 amide bonds. The number of aliphatic hydroxyl groups is 2. The number of nitrogens with two attached hydrogens (primary N) is 1. The first kappa shape index (κ1) is 13.1. The molecule has 0 aliphatic heterocycles. The zero-order valence-corrected chi connectivity index (χ0v) is 9.40. The summed E-state index contributed by atoms with van der Waals surface area (Å²) < 4.78 is 0. The average molecular weight is 266 g/mol. The van der Waals surface area contributed by atoms with E-state index in [9.17, 15) is 20.1 Å². The molecule has 88 valence electrons. The van der Waals surface area contributed by atoms with E-state index in [0.717, 1.165) is 0 Å². The van der Waals surface area contributed by atoms with Gasteiger partial charge >= 0.3 is 0 Å². The standard InChI is InChI=1S/C9H9Cl2NO4/c10-3-1-4(6(13)5(11)2-3)7(14)8(15)9(12)16/h1-2,7-8,13-15H,(H2,12,16). The van der Waals surface area contributed by atoms with Crippen molar-refractivity contribution in [3.63, 3.8) is 0 Å². The van der Waals surface area contributed by atoms with Crippen LogP contribution in [0, 0.1) is 0 Å². The molecule has 0 aliphatic carbocycles. The van der Waals surface area contributed by atoms with Crippen LogP contribution in [0.25, 0.3) is 0 Å². The quantitative estimate of drug-likeness (QED) is 0.642. The van der Waals surface area contributed by atoms with E-state index in [1.165, 1.54) is 12.1 Å². The van der Waals surface area contributed by atoms with Crippen LogP contribution in [0.4, 0.5) is 0 Å². The van der Waals surface area contributed by atoms with Gasteiger partial charge in [0.25, 0.3) is 0 Å². The number of halogens is 2. The SMILES string of the molecule is NC(=O)C(O)C(O)c1cc(Cl)cc(Cl)c1O. The number of phenolic OH excluding ortho intramolecular Hbond substituents is 1. The van der Waals surface area contributed by atoms with Crippen molar-refractivity contribution in [2.45, 2.75) is 12.2 Å². The molecular weight excluding hydrogens is 257 g/mol. The minimum Gasteiger partial charge on any atom is -0.506 e. The Hall–Kier alpha value is -1.01. The molecule has 16 heavy (non-hydrogen) atoms. The number of carbonyl (C=O) groups excluding carboxylic acids is 1. The zero-order valence-electron chi connectivity index (χ0n) is 7.89. The van der Waals surface area contributed by atoms with E-state index in [1.54, 1.807) is 0 Å². The maximum Gasteiger partial charge on any atom is 0.249 e. The van der Waals surface area contributed by atoms with Gasteiger partial charge in [0.15, 0.2) is 6.10 Å². The normalized spacial score (nSPS) is 14.5. The first-order valence-corrected chi connectivity index (χ1v) is 4.93. The Morgan fingerprint density at radius 2 is 1.88 bits per heavy atom. The van der Waals surface area contributed by atoms with Crippen LogP contribution in [0.15, 0.2) is 12.1 Å². The third-order valence-electron chi connectivity index (χ3n) is 1.97. The highest BCUT2D eigenvalue weighted by molar-refractivity contribution is 6.35. The molecule has 1 aromatic rings. The van der Waals surface area contributed by atoms with E-state index in [2.05, 4.69) is 0 Å². The predicted octanol–water partition coefficient (Wildman–Crippen LogP) is 0.579. The number of benzene rings is 1. The van der Waals surface area contributed by atoms with E-state index in [0.29, 0.717) is 0 Å². The van der Waals surface area contributed by atoms with E-state index in [-0.39, 0.29) is 15.6 Å². The van der Waals surface area contributed by atoms with Crippen molar-refractivity contribution >= 4 is 29.1 Å². The van der Waals surface area contributed by atoms with Gasteiger partial charge in [-0.05, 0) is 12.1 Å². The van der Waals surface area contributed by atoms with Gasteiger partial charge in [0.05, 0.1) is 5.02 Å². The Balaban J connectivity index is 3.17. The van der Waals surface area contributed by atoms with Gasteiger partial charge in [-0.2, -0.15) is 0 Å². The number of hydrogen-bond acceptors (Lipinski definition) is 4. The highest BCUT2D eigenvalue weighted by atomic mass is 35.5. The fraction of sp³-hybridized carbons (Fsp3) is 0.222. The summed E-state index contributed by atoms with van der Waals surface area (Å²) in [6, 6.07) is 2.44. The van der Waals surface area contributed by atoms with Crippen LogP contribution >= 0.6 is 23.2 Å². The van der Waals surface area contributed by atoms with Crippen LogP contribution < -0.4 is 5.73 Å². The van der Waals surface area contributed by atoms with Crippen LogP contribution in [0.2, 0.25) is 10.0 Å². The number of rotatable bonds is 3. The smallest absolute Gasteiger partial charge is 0.249 e. The van der Waals surface area contributed by atoms with E-state index in [4.69, 9.17) is 28.9 Å². The van der Waals surface area contributed by atoms with E-state index in [1.807, 2.05) is 0 Å². The Morgan fingerprint density at radius 3 is 2.38 bits per heavy atom. The van der Waals surface area contributed by atoms with Crippen molar-refractivity contribution in [3.8, 4) is 5.75 Å². The summed E-state index contributed by atoms with van der Waals surface area (Å²) in [4.78, 5) is 10.7. The summed E-state index contributed by atoms with van der Waals surface area (Å²) >= 11 is 11.3. The lowest BCUT2D eigenvalue weighted by atomic mass is 10.0. The van der Waals surface area contributed by atoms with E-state index < -0.39 is 23.9 Å². The van der Waals surface area contributed by atoms with Crippen molar-refractivity contribution in [1.82, 2.24) is 0 Å². The molecule has 1 aromatic carbocycles. The molecule has 0 bridgehead atoms. The second-order valence-corrected chi connectivity index (χ2v) is 3.96. The molecule has 5 N–H and O–H groups in total. The molecule has 0 heterocycles. The second-order valence-electron chi connectivity index (χ2n) is 3.12. The molecule has 0 fully saturated rings. The lowest BCUT2D eigenvalue weighted by Crippen LogP contribution is -2.33. The van der Waals surface area contributed by atoms with Crippen molar-refractivity contribution in [1.29, 1.82) is 0 Å². The largest absolute Gasteiger partial charge is 0.506 e. The number of phenols is 1. The maximum absolute atomic E-state index is 10.7. The summed E-state index contributed by atoms with van der Waals surface area (Å²) in [5.41, 5.74) is 4.64. The van der Waals surface area contributed by atoms with Gasteiger partial charge in [0.1, 0.15) is 11.9 Å². The number of carbonyl (C=O) groups is 1. The monoisotopic (exact) mass is 265 g/mol. The van der Waals surface area contributed by atoms with Crippen molar-refractivity contribution in [2.75, 3.05) is 0 Å². The highest BCUT2D eigenvalue weighted by Crippen LogP contribution is 2.35. The first-order chi connectivity index (χ1) is 7.34. The molecule has 0 radical (unpaired) electrons. The van der Waals surface area contributed by atoms with Gasteiger partial charge in [0, 0.05) is 10.6 Å². The van der Waals surface area contributed by atoms with Crippen LogP contribution in [-0.4, -0.2) is 27.3 Å². The molecule has 0 saturated heterocycles. The van der Waals surface area contributed by atoms with Gasteiger partial charge in [-0.25, -0.2) is 0 Å². The fourth-order valence-electron chi connectivity index (χ4n) is 1.14. The van der Waals surface area contributed by atoms with Crippen molar-refractivity contribution in [2.24, 2.45) is 5.73 Å². The molecule has 1 rings (SSSR count). The number of amides is 1. The van der Waals surface area contributed by atoms with Gasteiger partial charge in [-0.3, -0.25) is 4.79 Å². The molecular formula is C9H9Cl2NO4. The third kappa shape index (κ3) is 2.56. The third-order valence-corrected chi connectivity index (χ3v) is 2.47. The Morgan fingerprint density at radius 1 is 1.31 bits per heavy atom. The number of aromatic hydroxyl groups is 1. The number of aliphatic hydroxyl groups excluding tert-OH is 2. The summed E-state index contributed by atoms with van der Waals surface area (Å²) in [6.45, 7) is 0. The van der Waals surface area contributed by atoms with Crippen molar-refractivity contribution < 1.29 is 20.1 Å². The highest BCUT2D eigenvalue weighted by Gasteiger charge is 2.27. The average Bonchev–Trinajstić information content (AvgIpc) is 2.21. The molecule has 2 atom stereocenters. The molecule has 0 aliphatic rings. The summed E-state index contributed by atoms with van der Waals surface area (Å²) in [7, 11) is 0. The first-order valence-electron chi connectivity index (χ1n) is 4.18. The van der Waals surface area contributed by atoms with Crippen molar-refractivity contribution in [3.05, 3.63) is 27.7 Å². The fourth-order valence-corrected chi connectivity index (χ4v) is 1.65. The molecule has 0 spiro atoms. The molecule has 7 heteroatoms. The minimum absolute atomic E-state index is 0.0989. The van der Waals surface area contributed by atoms with Gasteiger partial charge < -0.3 is 21.1 Å². The summed E-state index contributed by atoms with van der Waals surface area (Å²) in [5.74, 6) is -1.58.